The molecule has 3 fully saturated rings. The summed E-state index contributed by atoms with van der Waals surface area (Å²) in [5.74, 6) is -3.41. The molecular formula is C22H30N4O7S. The molecule has 0 saturated carbocycles. The lowest BCUT2D eigenvalue weighted by molar-refractivity contribution is -0.163. The van der Waals surface area contributed by atoms with Crippen LogP contribution in [0.3, 0.4) is 0 Å². The first kappa shape index (κ1) is 24.5. The molecule has 186 valence electrons. The van der Waals surface area contributed by atoms with Gasteiger partial charge in [-0.25, -0.2) is 9.59 Å². The highest BCUT2D eigenvalue weighted by molar-refractivity contribution is 8.03. The molecule has 3 N–H and O–H groups in total. The van der Waals surface area contributed by atoms with Crippen LogP contribution in [0.25, 0.3) is 0 Å². The number of fused-ring (bicyclic) bond motifs is 1. The van der Waals surface area contributed by atoms with E-state index < -0.39 is 54.0 Å². The minimum absolute atomic E-state index is 0.0657. The van der Waals surface area contributed by atoms with E-state index in [1.165, 1.54) is 11.8 Å². The minimum Gasteiger partial charge on any atom is -0.477 e. The van der Waals surface area contributed by atoms with Crippen LogP contribution in [0.2, 0.25) is 0 Å². The van der Waals surface area contributed by atoms with Gasteiger partial charge in [0.2, 0.25) is 11.8 Å². The van der Waals surface area contributed by atoms with Crippen molar-refractivity contribution >= 4 is 41.5 Å². The summed E-state index contributed by atoms with van der Waals surface area (Å²) in [6.45, 7) is 6.06. The number of rotatable bonds is 7. The maximum Gasteiger partial charge on any atom is 0.353 e. The fourth-order valence-corrected chi connectivity index (χ4v) is 6.70. The predicted octanol–water partition coefficient (Wildman–Crippen LogP) is 0.195. The first-order chi connectivity index (χ1) is 16.1. The monoisotopic (exact) mass is 494 g/mol. The third-order valence-corrected chi connectivity index (χ3v) is 8.56. The quantitative estimate of drug-likeness (QED) is 0.336. The molecule has 4 heterocycles. The van der Waals surface area contributed by atoms with Gasteiger partial charge in [0.15, 0.2) is 0 Å². The second-order valence-corrected chi connectivity index (χ2v) is 10.4. The maximum absolute atomic E-state index is 13.0. The van der Waals surface area contributed by atoms with Crippen LogP contribution in [0.1, 0.15) is 40.0 Å². The Balaban J connectivity index is 1.45. The topological polar surface area (TPSA) is 148 Å². The van der Waals surface area contributed by atoms with E-state index in [1.54, 1.807) is 18.7 Å². The van der Waals surface area contributed by atoms with Gasteiger partial charge >= 0.3 is 12.0 Å². The summed E-state index contributed by atoms with van der Waals surface area (Å²) in [7, 11) is 0. The third kappa shape index (κ3) is 3.86. The SMILES string of the molecule is CC(C(=O)N1CCCCC1)N1C(=O)N[C@@H](CSC2=C(C(=O)O)N3C(=O)[C@H]([C@@H](C)O)[C@H]3[C@H]2C)C1=O. The van der Waals surface area contributed by atoms with Crippen LogP contribution in [-0.4, -0.2) is 97.7 Å². The number of hydrogen-bond donors (Lipinski definition) is 3. The van der Waals surface area contributed by atoms with Crippen LogP contribution < -0.4 is 5.32 Å². The zero-order valence-corrected chi connectivity index (χ0v) is 20.2. The number of carboxylic acids is 1. The summed E-state index contributed by atoms with van der Waals surface area (Å²) in [6, 6.07) is -2.94. The van der Waals surface area contributed by atoms with E-state index >= 15 is 0 Å². The average molecular weight is 495 g/mol. The minimum atomic E-state index is -1.25. The highest BCUT2D eigenvalue weighted by Gasteiger charge is 2.60. The van der Waals surface area contributed by atoms with Gasteiger partial charge in [-0.15, -0.1) is 11.8 Å². The number of urea groups is 1. The van der Waals surface area contributed by atoms with E-state index in [-0.39, 0.29) is 23.3 Å². The molecule has 12 heteroatoms. The van der Waals surface area contributed by atoms with Crippen LogP contribution in [0.15, 0.2) is 10.6 Å². The number of piperidine rings is 1. The number of carbonyl (C=O) groups is 5. The van der Waals surface area contributed by atoms with Crippen molar-refractivity contribution in [1.82, 2.24) is 20.0 Å². The standard InChI is InChI=1S/C22H30N4O7S/c1-10-15-14(12(3)27)20(30)26(15)16(21(31)32)17(10)34-9-13-19(29)25(22(33)23-13)11(2)18(28)24-7-5-4-6-8-24/h10-15,27H,4-9H2,1-3H3,(H,23,33)(H,31,32)/t10-,11?,12-,13+,14-,15-/m1/s1. The fourth-order valence-electron chi connectivity index (χ4n) is 5.41. The van der Waals surface area contributed by atoms with Crippen molar-refractivity contribution in [3.8, 4) is 0 Å². The number of aliphatic hydroxyl groups excluding tert-OH is 1. The number of carboxylic acid groups (broad SMARTS) is 1. The number of hydrogen-bond acceptors (Lipinski definition) is 7. The molecule has 6 atom stereocenters. The van der Waals surface area contributed by atoms with E-state index in [0.29, 0.717) is 18.0 Å². The van der Waals surface area contributed by atoms with Gasteiger partial charge in [-0.1, -0.05) is 6.92 Å². The number of nitrogens with zero attached hydrogens (tertiary/aromatic N) is 3. The van der Waals surface area contributed by atoms with Crippen LogP contribution >= 0.6 is 11.8 Å². The maximum atomic E-state index is 13.0. The molecule has 0 radical (unpaired) electrons. The zero-order valence-electron chi connectivity index (χ0n) is 19.4. The van der Waals surface area contributed by atoms with Gasteiger partial charge in [0, 0.05) is 29.7 Å². The zero-order chi connectivity index (χ0) is 24.9. The van der Waals surface area contributed by atoms with Crippen molar-refractivity contribution in [3.63, 3.8) is 0 Å². The smallest absolute Gasteiger partial charge is 0.353 e. The fraction of sp³-hybridized carbons (Fsp3) is 0.682. The van der Waals surface area contributed by atoms with Gasteiger partial charge in [0.25, 0.3) is 5.91 Å². The van der Waals surface area contributed by atoms with E-state index in [1.807, 2.05) is 0 Å². The Bertz CT molecular complexity index is 961. The summed E-state index contributed by atoms with van der Waals surface area (Å²) in [5.41, 5.74) is -0.133. The number of aliphatic carboxylic acids is 1. The Morgan fingerprint density at radius 2 is 1.76 bits per heavy atom. The lowest BCUT2D eigenvalue weighted by Crippen LogP contribution is -2.63. The molecule has 1 unspecified atom stereocenters. The molecule has 4 rings (SSSR count). The van der Waals surface area contributed by atoms with Gasteiger partial charge in [-0.2, -0.15) is 0 Å². The summed E-state index contributed by atoms with van der Waals surface area (Å²) in [6.07, 6.45) is 1.94. The van der Waals surface area contributed by atoms with E-state index in [0.717, 1.165) is 35.9 Å². The second-order valence-electron chi connectivity index (χ2n) is 9.36. The van der Waals surface area contributed by atoms with Crippen molar-refractivity contribution in [2.75, 3.05) is 18.8 Å². The number of carbonyl (C=O) groups excluding carboxylic acids is 4. The normalized spacial score (nSPS) is 30.8. The number of nitrogens with one attached hydrogen (secondary N) is 1. The van der Waals surface area contributed by atoms with Crippen LogP contribution in [-0.2, 0) is 19.2 Å². The lowest BCUT2D eigenvalue weighted by Gasteiger charge is -2.46. The number of likely N-dealkylation sites (tertiary alicyclic amines) is 1. The largest absolute Gasteiger partial charge is 0.477 e. The number of amides is 5. The summed E-state index contributed by atoms with van der Waals surface area (Å²) >= 11 is 1.11. The Morgan fingerprint density at radius 1 is 1.12 bits per heavy atom. The van der Waals surface area contributed by atoms with Gasteiger partial charge in [-0.3, -0.25) is 19.3 Å². The van der Waals surface area contributed by atoms with Crippen LogP contribution in [0.5, 0.6) is 0 Å². The molecule has 0 aromatic carbocycles. The molecule has 4 aliphatic heterocycles. The third-order valence-electron chi connectivity index (χ3n) is 7.18. The summed E-state index contributed by atoms with van der Waals surface area (Å²) < 4.78 is 0. The first-order valence-corrected chi connectivity index (χ1v) is 12.6. The molecule has 5 amide bonds. The van der Waals surface area contributed by atoms with Crippen molar-refractivity contribution in [1.29, 1.82) is 0 Å². The summed E-state index contributed by atoms with van der Waals surface area (Å²) in [5, 5.41) is 22.3. The molecule has 0 bridgehead atoms. The number of β-lactam (4-membered cyclic amide) rings is 1. The molecule has 0 spiro atoms. The van der Waals surface area contributed by atoms with Gasteiger partial charge in [0.05, 0.1) is 18.1 Å². The van der Waals surface area contributed by atoms with Gasteiger partial charge < -0.3 is 25.3 Å². The molecule has 4 aliphatic rings. The second kappa shape index (κ2) is 9.21. The molecule has 3 saturated heterocycles. The van der Waals surface area contributed by atoms with Crippen LogP contribution in [0, 0.1) is 11.8 Å². The summed E-state index contributed by atoms with van der Waals surface area (Å²) in [4.78, 5) is 67.1. The highest BCUT2D eigenvalue weighted by atomic mass is 32.2. The molecule has 34 heavy (non-hydrogen) atoms. The highest BCUT2D eigenvalue weighted by Crippen LogP contribution is 2.50. The Morgan fingerprint density at radius 3 is 2.35 bits per heavy atom. The Kier molecular flexibility index (Phi) is 6.65. The molecule has 0 aromatic heterocycles. The van der Waals surface area contributed by atoms with E-state index in [4.69, 9.17) is 0 Å². The predicted molar refractivity (Wildman–Crippen MR) is 121 cm³/mol. The van der Waals surface area contributed by atoms with Gasteiger partial charge in [0.1, 0.15) is 17.8 Å². The Labute approximate surface area is 201 Å². The van der Waals surface area contributed by atoms with E-state index in [2.05, 4.69) is 5.32 Å². The number of thioether (sulfide) groups is 1. The van der Waals surface area contributed by atoms with Crippen molar-refractivity contribution in [2.45, 2.75) is 64.3 Å². The first-order valence-electron chi connectivity index (χ1n) is 11.6. The van der Waals surface area contributed by atoms with E-state index in [9.17, 15) is 34.2 Å². The van der Waals surface area contributed by atoms with Crippen LogP contribution in [0.4, 0.5) is 4.79 Å². The van der Waals surface area contributed by atoms with Crippen molar-refractivity contribution < 1.29 is 34.2 Å². The lowest BCUT2D eigenvalue weighted by atomic mass is 9.79. The van der Waals surface area contributed by atoms with Crippen molar-refractivity contribution in [2.24, 2.45) is 11.8 Å². The average Bonchev–Trinajstić information content (AvgIpc) is 3.21. The molecule has 0 aromatic rings. The number of aliphatic hydroxyl groups is 1. The molecule has 11 nitrogen and oxygen atoms in total. The number of imide groups is 1. The Hall–Kier alpha value is -2.60. The molecular weight excluding hydrogens is 464 g/mol. The van der Waals surface area contributed by atoms with Gasteiger partial charge in [-0.05, 0) is 33.1 Å². The van der Waals surface area contributed by atoms with Crippen molar-refractivity contribution in [3.05, 3.63) is 10.6 Å². The molecule has 0 aliphatic carbocycles.